The Bertz CT molecular complexity index is 462. The van der Waals surface area contributed by atoms with Crippen molar-refractivity contribution in [2.45, 2.75) is 44.8 Å². The number of rotatable bonds is 4. The van der Waals surface area contributed by atoms with E-state index in [2.05, 4.69) is 10.2 Å². The molecule has 1 saturated carbocycles. The summed E-state index contributed by atoms with van der Waals surface area (Å²) in [6, 6.07) is 0. The molecule has 6 heteroatoms. The van der Waals surface area contributed by atoms with Crippen LogP contribution in [0, 0.1) is 12.8 Å². The molecule has 1 aliphatic carbocycles. The monoisotopic (exact) mass is 274 g/mol. The zero-order valence-electron chi connectivity index (χ0n) is 10.1. The molecule has 17 heavy (non-hydrogen) atoms. The Hall–Kier alpha value is -0.490. The summed E-state index contributed by atoms with van der Waals surface area (Å²) in [6.45, 7) is 1.84. The van der Waals surface area contributed by atoms with Gasteiger partial charge in [0.1, 0.15) is 15.8 Å². The first kappa shape index (κ1) is 13.0. The SMILES string of the molecule is Cc1nnc(CS(=O)(=O)CC2CCCCC2)s1. The van der Waals surface area contributed by atoms with Gasteiger partial charge in [-0.25, -0.2) is 8.42 Å². The predicted octanol–water partition coefficient (Wildman–Crippen LogP) is 2.34. The third-order valence-corrected chi connectivity index (χ3v) is 5.84. The van der Waals surface area contributed by atoms with Crippen LogP contribution in [0.3, 0.4) is 0 Å². The van der Waals surface area contributed by atoms with Gasteiger partial charge in [-0.05, 0) is 25.7 Å². The zero-order chi connectivity index (χ0) is 12.3. The topological polar surface area (TPSA) is 59.9 Å². The standard InChI is InChI=1S/C11H18N2O2S2/c1-9-12-13-11(16-9)8-17(14,15)7-10-5-3-2-4-6-10/h10H,2-8H2,1H3. The first-order valence-corrected chi connectivity index (χ1v) is 8.68. The summed E-state index contributed by atoms with van der Waals surface area (Å²) in [5.41, 5.74) is 0. The number of sulfone groups is 1. The minimum atomic E-state index is -3.01. The van der Waals surface area contributed by atoms with E-state index < -0.39 is 9.84 Å². The second-order valence-corrected chi connectivity index (χ2v) is 8.15. The lowest BCUT2D eigenvalue weighted by Gasteiger charge is -2.20. The second kappa shape index (κ2) is 5.44. The Morgan fingerprint density at radius 3 is 2.53 bits per heavy atom. The number of hydrogen-bond donors (Lipinski definition) is 0. The van der Waals surface area contributed by atoms with E-state index in [9.17, 15) is 8.42 Å². The van der Waals surface area contributed by atoms with Crippen molar-refractivity contribution in [1.29, 1.82) is 0 Å². The Morgan fingerprint density at radius 2 is 1.94 bits per heavy atom. The molecule has 0 N–H and O–H groups in total. The molecule has 0 aliphatic heterocycles. The molecule has 0 bridgehead atoms. The van der Waals surface area contributed by atoms with Crippen molar-refractivity contribution in [2.75, 3.05) is 5.75 Å². The van der Waals surface area contributed by atoms with Gasteiger partial charge >= 0.3 is 0 Å². The van der Waals surface area contributed by atoms with Crippen molar-refractivity contribution in [3.05, 3.63) is 10.0 Å². The Morgan fingerprint density at radius 1 is 1.24 bits per heavy atom. The summed E-state index contributed by atoms with van der Waals surface area (Å²) in [7, 11) is -3.01. The van der Waals surface area contributed by atoms with Gasteiger partial charge in [-0.15, -0.1) is 21.5 Å². The maximum Gasteiger partial charge on any atom is 0.157 e. The fourth-order valence-electron chi connectivity index (χ4n) is 2.36. The van der Waals surface area contributed by atoms with E-state index in [1.54, 1.807) is 0 Å². The van der Waals surface area contributed by atoms with E-state index in [0.29, 0.717) is 16.7 Å². The number of nitrogens with zero attached hydrogens (tertiary/aromatic N) is 2. The van der Waals surface area contributed by atoms with E-state index in [0.717, 1.165) is 17.8 Å². The quantitative estimate of drug-likeness (QED) is 0.845. The minimum absolute atomic E-state index is 0.0645. The first-order chi connectivity index (χ1) is 8.05. The van der Waals surface area contributed by atoms with Crippen molar-refractivity contribution >= 4 is 21.2 Å². The molecule has 0 unspecified atom stereocenters. The van der Waals surface area contributed by atoms with Crippen LogP contribution in [0.15, 0.2) is 0 Å². The van der Waals surface area contributed by atoms with Crippen molar-refractivity contribution in [3.63, 3.8) is 0 Å². The molecule has 0 aromatic carbocycles. The summed E-state index contributed by atoms with van der Waals surface area (Å²) >= 11 is 1.38. The lowest BCUT2D eigenvalue weighted by atomic mass is 9.91. The summed E-state index contributed by atoms with van der Waals surface area (Å²) in [5.74, 6) is 0.753. The highest BCUT2D eigenvalue weighted by molar-refractivity contribution is 7.90. The molecule has 1 heterocycles. The van der Waals surface area contributed by atoms with E-state index >= 15 is 0 Å². The average molecular weight is 274 g/mol. The predicted molar refractivity (Wildman–Crippen MR) is 68.7 cm³/mol. The number of aryl methyl sites for hydroxylation is 1. The average Bonchev–Trinajstić information content (AvgIpc) is 2.63. The van der Waals surface area contributed by atoms with Crippen molar-refractivity contribution in [3.8, 4) is 0 Å². The molecular weight excluding hydrogens is 256 g/mol. The fourth-order valence-corrected chi connectivity index (χ4v) is 5.24. The summed E-state index contributed by atoms with van der Waals surface area (Å²) in [6.07, 6.45) is 5.74. The molecule has 1 aliphatic rings. The van der Waals surface area contributed by atoms with Gasteiger partial charge in [0.2, 0.25) is 0 Å². The first-order valence-electron chi connectivity index (χ1n) is 6.04. The van der Waals surface area contributed by atoms with Crippen LogP contribution < -0.4 is 0 Å². The van der Waals surface area contributed by atoms with E-state index in [-0.39, 0.29) is 5.75 Å². The molecule has 0 saturated heterocycles. The van der Waals surface area contributed by atoms with Gasteiger partial charge in [-0.2, -0.15) is 0 Å². The van der Waals surface area contributed by atoms with Gasteiger partial charge in [-0.1, -0.05) is 19.3 Å². The van der Waals surface area contributed by atoms with Crippen molar-refractivity contribution in [2.24, 2.45) is 5.92 Å². The van der Waals surface area contributed by atoms with Crippen LogP contribution in [0.2, 0.25) is 0 Å². The molecule has 1 fully saturated rings. The summed E-state index contributed by atoms with van der Waals surface area (Å²) in [4.78, 5) is 0. The van der Waals surface area contributed by atoms with Crippen LogP contribution in [0.4, 0.5) is 0 Å². The maximum absolute atomic E-state index is 12.0. The lowest BCUT2D eigenvalue weighted by Crippen LogP contribution is -2.20. The smallest absolute Gasteiger partial charge is 0.157 e. The number of aromatic nitrogens is 2. The molecule has 1 aromatic rings. The maximum atomic E-state index is 12.0. The van der Waals surface area contributed by atoms with Crippen LogP contribution in [-0.4, -0.2) is 24.4 Å². The Balaban J connectivity index is 1.94. The minimum Gasteiger partial charge on any atom is -0.228 e. The molecule has 0 amide bonds. The van der Waals surface area contributed by atoms with Crippen molar-refractivity contribution < 1.29 is 8.42 Å². The molecular formula is C11H18N2O2S2. The highest BCUT2D eigenvalue weighted by Crippen LogP contribution is 2.26. The van der Waals surface area contributed by atoms with Crippen molar-refractivity contribution in [1.82, 2.24) is 10.2 Å². The van der Waals surface area contributed by atoms with Gasteiger partial charge in [0.25, 0.3) is 0 Å². The van der Waals surface area contributed by atoms with E-state index in [1.165, 1.54) is 30.6 Å². The third kappa shape index (κ3) is 4.03. The molecule has 4 nitrogen and oxygen atoms in total. The molecule has 96 valence electrons. The molecule has 0 atom stereocenters. The van der Waals surface area contributed by atoms with Crippen LogP contribution in [0.25, 0.3) is 0 Å². The van der Waals surface area contributed by atoms with Gasteiger partial charge < -0.3 is 0 Å². The van der Waals surface area contributed by atoms with E-state index in [4.69, 9.17) is 0 Å². The normalized spacial score (nSPS) is 18.4. The Labute approximate surface area is 106 Å². The van der Waals surface area contributed by atoms with Crippen LogP contribution >= 0.6 is 11.3 Å². The highest BCUT2D eigenvalue weighted by atomic mass is 32.2. The van der Waals surface area contributed by atoms with Gasteiger partial charge in [0.15, 0.2) is 9.84 Å². The van der Waals surface area contributed by atoms with E-state index in [1.807, 2.05) is 6.92 Å². The molecule has 0 radical (unpaired) electrons. The second-order valence-electron chi connectivity index (χ2n) is 4.77. The van der Waals surface area contributed by atoms with Crippen LogP contribution in [0.1, 0.15) is 42.1 Å². The summed E-state index contributed by atoms with van der Waals surface area (Å²) in [5, 5.41) is 9.19. The number of hydrogen-bond acceptors (Lipinski definition) is 5. The van der Waals surface area contributed by atoms with Gasteiger partial charge in [-0.3, -0.25) is 0 Å². The van der Waals surface area contributed by atoms with Gasteiger partial charge in [0, 0.05) is 0 Å². The molecule has 2 rings (SSSR count). The van der Waals surface area contributed by atoms with Crippen LogP contribution in [-0.2, 0) is 15.6 Å². The lowest BCUT2D eigenvalue weighted by molar-refractivity contribution is 0.385. The zero-order valence-corrected chi connectivity index (χ0v) is 11.7. The summed E-state index contributed by atoms with van der Waals surface area (Å²) < 4.78 is 24.0. The fraction of sp³-hybridized carbons (Fsp3) is 0.818. The third-order valence-electron chi connectivity index (χ3n) is 3.13. The highest BCUT2D eigenvalue weighted by Gasteiger charge is 2.22. The molecule has 1 aromatic heterocycles. The largest absolute Gasteiger partial charge is 0.228 e. The molecule has 0 spiro atoms. The Kier molecular flexibility index (Phi) is 4.14. The van der Waals surface area contributed by atoms with Gasteiger partial charge in [0.05, 0.1) is 5.75 Å². The van der Waals surface area contributed by atoms with Crippen LogP contribution in [0.5, 0.6) is 0 Å².